The number of rotatable bonds is 11. The van der Waals surface area contributed by atoms with Crippen LogP contribution in [0.3, 0.4) is 0 Å². The van der Waals surface area contributed by atoms with E-state index in [-0.39, 0.29) is 11.9 Å². The number of hydrogen-bond acceptors (Lipinski definition) is 8. The third kappa shape index (κ3) is 7.89. The van der Waals surface area contributed by atoms with Crippen molar-refractivity contribution >= 4 is 45.4 Å². The van der Waals surface area contributed by atoms with Gasteiger partial charge in [-0.05, 0) is 95.8 Å². The average molecular weight is 543 g/mol. The van der Waals surface area contributed by atoms with Crippen LogP contribution in [0.5, 0.6) is 11.5 Å². The van der Waals surface area contributed by atoms with E-state index in [4.69, 9.17) is 18.9 Å². The summed E-state index contributed by atoms with van der Waals surface area (Å²) in [6.45, 7) is 3.30. The Hall–Kier alpha value is -4.72. The summed E-state index contributed by atoms with van der Waals surface area (Å²) in [7, 11) is 0. The van der Waals surface area contributed by atoms with E-state index in [1.54, 1.807) is 72.8 Å². The second-order valence-corrected chi connectivity index (χ2v) is 9.32. The van der Waals surface area contributed by atoms with Gasteiger partial charge in [0, 0.05) is 13.8 Å². The first-order valence-electron chi connectivity index (χ1n) is 13.1. The Morgan fingerprint density at radius 3 is 1.27 bits per heavy atom. The molecule has 40 heavy (non-hydrogen) atoms. The van der Waals surface area contributed by atoms with Crippen LogP contribution in [0.15, 0.2) is 72.8 Å². The van der Waals surface area contributed by atoms with E-state index >= 15 is 0 Å². The highest BCUT2D eigenvalue weighted by Gasteiger charge is 2.11. The fraction of sp³-hybridized carbons (Fsp3) is 0.250. The number of unbranched alkanes of at least 4 members (excludes halogenated alkanes) is 3. The Kier molecular flexibility index (Phi) is 9.46. The maximum absolute atomic E-state index is 12.4. The number of carbonyl (C=O) groups is 4. The van der Waals surface area contributed by atoms with Gasteiger partial charge in [0.2, 0.25) is 0 Å². The molecule has 0 saturated heterocycles. The molecule has 0 aliphatic rings. The van der Waals surface area contributed by atoms with E-state index in [0.717, 1.165) is 34.4 Å². The van der Waals surface area contributed by atoms with Gasteiger partial charge in [0.25, 0.3) is 0 Å². The van der Waals surface area contributed by atoms with Crippen molar-refractivity contribution < 1.29 is 38.1 Å². The van der Waals surface area contributed by atoms with Crippen molar-refractivity contribution in [1.82, 2.24) is 0 Å². The summed E-state index contributed by atoms with van der Waals surface area (Å²) in [5.74, 6) is -0.649. The van der Waals surface area contributed by atoms with Crippen molar-refractivity contribution in [3.05, 3.63) is 83.9 Å². The highest BCUT2D eigenvalue weighted by Crippen LogP contribution is 2.24. The Bertz CT molecular complexity index is 1440. The van der Waals surface area contributed by atoms with Crippen LogP contribution in [0.1, 0.15) is 60.2 Å². The molecule has 0 aliphatic heterocycles. The summed E-state index contributed by atoms with van der Waals surface area (Å²) >= 11 is 0. The largest absolute Gasteiger partial charge is 0.462 e. The second kappa shape index (κ2) is 13.4. The Morgan fingerprint density at radius 1 is 0.500 bits per heavy atom. The molecular formula is C32H30O8. The lowest BCUT2D eigenvalue weighted by molar-refractivity contribution is -0.132. The molecule has 4 rings (SSSR count). The summed E-state index contributed by atoms with van der Waals surface area (Å²) in [6, 6.07) is 20.9. The third-order valence-corrected chi connectivity index (χ3v) is 6.12. The maximum atomic E-state index is 12.4. The van der Waals surface area contributed by atoms with Gasteiger partial charge in [-0.1, -0.05) is 24.3 Å². The summed E-state index contributed by atoms with van der Waals surface area (Å²) in [6.07, 6.45) is 3.09. The lowest BCUT2D eigenvalue weighted by Crippen LogP contribution is -2.07. The summed E-state index contributed by atoms with van der Waals surface area (Å²) in [5, 5.41) is 3.40. The van der Waals surface area contributed by atoms with Crippen molar-refractivity contribution in [1.29, 1.82) is 0 Å². The van der Waals surface area contributed by atoms with Gasteiger partial charge in [-0.15, -0.1) is 0 Å². The van der Waals surface area contributed by atoms with Crippen LogP contribution in [0.4, 0.5) is 0 Å². The van der Waals surface area contributed by atoms with Crippen molar-refractivity contribution in [3.8, 4) is 11.5 Å². The molecule has 4 aromatic carbocycles. The lowest BCUT2D eigenvalue weighted by Gasteiger charge is -2.08. The fourth-order valence-corrected chi connectivity index (χ4v) is 4.21. The van der Waals surface area contributed by atoms with Gasteiger partial charge in [-0.25, -0.2) is 9.59 Å². The number of fused-ring (bicyclic) bond motifs is 2. The zero-order valence-corrected chi connectivity index (χ0v) is 22.4. The van der Waals surface area contributed by atoms with E-state index in [1.165, 1.54) is 13.8 Å². The topological polar surface area (TPSA) is 105 Å². The van der Waals surface area contributed by atoms with E-state index in [2.05, 4.69) is 0 Å². The molecule has 0 bridgehead atoms. The predicted octanol–water partition coefficient (Wildman–Crippen LogP) is 6.42. The molecule has 4 aromatic rings. The summed E-state index contributed by atoms with van der Waals surface area (Å²) < 4.78 is 21.0. The van der Waals surface area contributed by atoms with E-state index in [0.29, 0.717) is 48.7 Å². The minimum absolute atomic E-state index is 0.304. The zero-order chi connectivity index (χ0) is 28.5. The Morgan fingerprint density at radius 2 is 0.875 bits per heavy atom. The fourth-order valence-electron chi connectivity index (χ4n) is 4.21. The van der Waals surface area contributed by atoms with Crippen LogP contribution in [-0.2, 0) is 19.1 Å². The highest BCUT2D eigenvalue weighted by atomic mass is 16.5. The van der Waals surface area contributed by atoms with Gasteiger partial charge in [0.15, 0.2) is 0 Å². The van der Waals surface area contributed by atoms with Crippen LogP contribution >= 0.6 is 0 Å². The minimum Gasteiger partial charge on any atom is -0.462 e. The first-order valence-corrected chi connectivity index (χ1v) is 13.1. The Balaban J connectivity index is 1.13. The van der Waals surface area contributed by atoms with Crippen molar-refractivity contribution in [2.45, 2.75) is 39.5 Å². The number of ether oxygens (including phenoxy) is 4. The van der Waals surface area contributed by atoms with Gasteiger partial charge in [0.1, 0.15) is 11.5 Å². The number of hydrogen-bond donors (Lipinski definition) is 0. The molecule has 0 heterocycles. The molecule has 0 fully saturated rings. The van der Waals surface area contributed by atoms with Crippen molar-refractivity contribution in [2.24, 2.45) is 0 Å². The number of esters is 4. The normalized spacial score (nSPS) is 10.8. The molecule has 0 aliphatic carbocycles. The summed E-state index contributed by atoms with van der Waals surface area (Å²) in [5.41, 5.74) is 0.913. The molecule has 206 valence electrons. The molecule has 0 saturated carbocycles. The van der Waals surface area contributed by atoms with Gasteiger partial charge in [-0.3, -0.25) is 9.59 Å². The van der Waals surface area contributed by atoms with Crippen molar-refractivity contribution in [2.75, 3.05) is 13.2 Å². The molecular weight excluding hydrogens is 512 g/mol. The molecule has 0 unspecified atom stereocenters. The molecule has 8 nitrogen and oxygen atoms in total. The highest BCUT2D eigenvalue weighted by molar-refractivity contribution is 5.96. The van der Waals surface area contributed by atoms with Crippen LogP contribution in [0, 0.1) is 0 Å². The third-order valence-electron chi connectivity index (χ3n) is 6.12. The van der Waals surface area contributed by atoms with Gasteiger partial charge in [0.05, 0.1) is 24.3 Å². The monoisotopic (exact) mass is 542 g/mol. The minimum atomic E-state index is -0.391. The van der Waals surface area contributed by atoms with Crippen LogP contribution in [0.25, 0.3) is 21.5 Å². The van der Waals surface area contributed by atoms with Crippen LogP contribution < -0.4 is 9.47 Å². The quantitative estimate of drug-likeness (QED) is 0.121. The first kappa shape index (κ1) is 28.3. The molecule has 8 heteroatoms. The molecule has 0 spiro atoms. The standard InChI is InChI=1S/C32H30O8/c1-21(33)39-29-13-11-23-17-27(9-7-25(23)19-29)31(35)37-15-5-3-4-6-16-38-32(36)28-10-8-26-20-30(40-22(2)34)14-12-24(26)18-28/h7-14,17-20H,3-6,15-16H2,1-2H3. The molecule has 0 aromatic heterocycles. The van der Waals surface area contributed by atoms with Gasteiger partial charge >= 0.3 is 23.9 Å². The zero-order valence-electron chi connectivity index (χ0n) is 22.4. The average Bonchev–Trinajstić information content (AvgIpc) is 2.93. The van der Waals surface area contributed by atoms with E-state index < -0.39 is 11.9 Å². The van der Waals surface area contributed by atoms with E-state index in [9.17, 15) is 19.2 Å². The maximum Gasteiger partial charge on any atom is 0.338 e. The molecule has 0 amide bonds. The molecule has 0 radical (unpaired) electrons. The smallest absolute Gasteiger partial charge is 0.338 e. The van der Waals surface area contributed by atoms with Gasteiger partial charge < -0.3 is 18.9 Å². The predicted molar refractivity (Wildman–Crippen MR) is 150 cm³/mol. The van der Waals surface area contributed by atoms with Gasteiger partial charge in [-0.2, -0.15) is 0 Å². The molecule has 0 N–H and O–H groups in total. The Labute approximate surface area is 231 Å². The van der Waals surface area contributed by atoms with Crippen LogP contribution in [0.2, 0.25) is 0 Å². The first-order chi connectivity index (χ1) is 19.3. The van der Waals surface area contributed by atoms with Crippen molar-refractivity contribution in [3.63, 3.8) is 0 Å². The summed E-state index contributed by atoms with van der Waals surface area (Å²) in [4.78, 5) is 47.1. The number of carbonyl (C=O) groups excluding carboxylic acids is 4. The van der Waals surface area contributed by atoms with Crippen LogP contribution in [-0.4, -0.2) is 37.1 Å². The lowest BCUT2D eigenvalue weighted by atomic mass is 10.1. The SMILES string of the molecule is CC(=O)Oc1ccc2cc(C(=O)OCCCCCCOC(=O)c3ccc4cc(OC(C)=O)ccc4c3)ccc2c1. The second-order valence-electron chi connectivity index (χ2n) is 9.32. The molecule has 0 atom stereocenters. The van der Waals surface area contributed by atoms with E-state index in [1.807, 2.05) is 0 Å². The number of benzene rings is 4.